The van der Waals surface area contributed by atoms with Gasteiger partial charge in [-0.15, -0.1) is 5.10 Å². The van der Waals surface area contributed by atoms with E-state index in [4.69, 9.17) is 4.74 Å². The van der Waals surface area contributed by atoms with E-state index in [0.29, 0.717) is 12.3 Å². The molecule has 0 aliphatic carbocycles. The molecular weight excluding hydrogens is 185 g/mol. The van der Waals surface area contributed by atoms with E-state index >= 15 is 0 Å². The SMILES string of the molecule is FC(F)(F)C1=N[N]C2=C1CCOC2. The standard InChI is InChI=1S/C7H6F3N2O/c8-7(9,10)6-4-1-2-13-3-5(4)11-12-6/h1-3H2. The smallest absolute Gasteiger partial charge is 0.375 e. The number of ether oxygens (including phenoxy) is 1. The van der Waals surface area contributed by atoms with Crippen LogP contribution >= 0.6 is 0 Å². The molecule has 1 radical (unpaired) electrons. The van der Waals surface area contributed by atoms with Crippen molar-refractivity contribution < 1.29 is 17.9 Å². The molecule has 0 bridgehead atoms. The molecule has 0 saturated carbocycles. The summed E-state index contributed by atoms with van der Waals surface area (Å²) in [6.45, 7) is 0.446. The molecule has 3 nitrogen and oxygen atoms in total. The summed E-state index contributed by atoms with van der Waals surface area (Å²) in [6, 6.07) is 0. The maximum absolute atomic E-state index is 12.3. The molecule has 0 saturated heterocycles. The van der Waals surface area contributed by atoms with Crippen molar-refractivity contribution >= 4 is 5.71 Å². The Kier molecular flexibility index (Phi) is 1.80. The second kappa shape index (κ2) is 2.73. The molecule has 2 rings (SSSR count). The largest absolute Gasteiger partial charge is 0.435 e. The number of alkyl halides is 3. The van der Waals surface area contributed by atoms with Gasteiger partial charge in [0, 0.05) is 5.57 Å². The Morgan fingerprint density at radius 3 is 2.77 bits per heavy atom. The molecule has 0 fully saturated rings. The summed E-state index contributed by atoms with van der Waals surface area (Å²) in [5.41, 5.74) is 3.08. The number of rotatable bonds is 0. The van der Waals surface area contributed by atoms with Crippen LogP contribution in [0.3, 0.4) is 0 Å². The average Bonchev–Trinajstić information content (AvgIpc) is 2.45. The van der Waals surface area contributed by atoms with Crippen LogP contribution in [0.2, 0.25) is 0 Å². The Morgan fingerprint density at radius 1 is 1.31 bits per heavy atom. The Hall–Kier alpha value is -1.04. The molecule has 71 valence electrons. The lowest BCUT2D eigenvalue weighted by atomic mass is 10.0. The molecule has 0 unspecified atom stereocenters. The van der Waals surface area contributed by atoms with E-state index in [2.05, 4.69) is 10.5 Å². The molecule has 13 heavy (non-hydrogen) atoms. The van der Waals surface area contributed by atoms with Crippen LogP contribution in [0.25, 0.3) is 0 Å². The minimum Gasteiger partial charge on any atom is -0.375 e. The van der Waals surface area contributed by atoms with Crippen LogP contribution in [0.15, 0.2) is 16.4 Å². The Balaban J connectivity index is 2.28. The fourth-order valence-electron chi connectivity index (χ4n) is 1.32. The van der Waals surface area contributed by atoms with Crippen molar-refractivity contribution in [1.29, 1.82) is 0 Å². The Morgan fingerprint density at radius 2 is 2.08 bits per heavy atom. The van der Waals surface area contributed by atoms with Gasteiger partial charge in [0.15, 0.2) is 5.71 Å². The van der Waals surface area contributed by atoms with Crippen molar-refractivity contribution in [2.75, 3.05) is 13.2 Å². The van der Waals surface area contributed by atoms with E-state index in [-0.39, 0.29) is 18.6 Å². The van der Waals surface area contributed by atoms with Crippen molar-refractivity contribution in [3.63, 3.8) is 0 Å². The average molecular weight is 191 g/mol. The summed E-state index contributed by atoms with van der Waals surface area (Å²) < 4.78 is 41.7. The maximum atomic E-state index is 12.3. The molecule has 0 aromatic rings. The number of hydrogen-bond acceptors (Lipinski definition) is 2. The molecular formula is C7H6F3N2O. The van der Waals surface area contributed by atoms with E-state index in [1.807, 2.05) is 0 Å². The van der Waals surface area contributed by atoms with Gasteiger partial charge in [0.1, 0.15) is 0 Å². The highest BCUT2D eigenvalue weighted by atomic mass is 19.4. The zero-order valence-electron chi connectivity index (χ0n) is 6.56. The first kappa shape index (κ1) is 8.55. The zero-order chi connectivity index (χ0) is 9.47. The highest BCUT2D eigenvalue weighted by Crippen LogP contribution is 2.30. The van der Waals surface area contributed by atoms with Crippen LogP contribution in [0.1, 0.15) is 6.42 Å². The van der Waals surface area contributed by atoms with Gasteiger partial charge in [0.2, 0.25) is 0 Å². The molecule has 0 amide bonds. The van der Waals surface area contributed by atoms with Gasteiger partial charge in [0.25, 0.3) is 0 Å². The van der Waals surface area contributed by atoms with Crippen molar-refractivity contribution in [2.24, 2.45) is 5.10 Å². The van der Waals surface area contributed by atoms with E-state index in [1.54, 1.807) is 0 Å². The quantitative estimate of drug-likeness (QED) is 0.566. The summed E-state index contributed by atoms with van der Waals surface area (Å²) in [5, 5.41) is 3.11. The number of hydrogen-bond donors (Lipinski definition) is 0. The van der Waals surface area contributed by atoms with Crippen molar-refractivity contribution in [2.45, 2.75) is 12.6 Å². The molecule has 2 aliphatic rings. The normalized spacial score (nSPS) is 22.5. The number of nitrogens with zero attached hydrogens (tertiary/aromatic N) is 2. The third-order valence-electron chi connectivity index (χ3n) is 1.91. The fraction of sp³-hybridized carbons (Fsp3) is 0.571. The fourth-order valence-corrected chi connectivity index (χ4v) is 1.32. The third kappa shape index (κ3) is 1.41. The molecule has 0 aromatic heterocycles. The summed E-state index contributed by atoms with van der Waals surface area (Å²) in [5.74, 6) is 0. The summed E-state index contributed by atoms with van der Waals surface area (Å²) in [4.78, 5) is 0. The van der Waals surface area contributed by atoms with Gasteiger partial charge in [-0.25, -0.2) is 0 Å². The van der Waals surface area contributed by atoms with Crippen molar-refractivity contribution in [3.05, 3.63) is 11.3 Å². The van der Waals surface area contributed by atoms with Gasteiger partial charge in [-0.3, -0.25) is 0 Å². The molecule has 6 heteroatoms. The summed E-state index contributed by atoms with van der Waals surface area (Å²) in [6.07, 6.45) is -4.14. The highest BCUT2D eigenvalue weighted by Gasteiger charge is 2.43. The maximum Gasteiger partial charge on any atom is 0.435 e. The van der Waals surface area contributed by atoms with Gasteiger partial charge in [-0.1, -0.05) is 0 Å². The predicted octanol–water partition coefficient (Wildman–Crippen LogP) is 1.20. The molecule has 0 aromatic carbocycles. The topological polar surface area (TPSA) is 35.7 Å². The van der Waals surface area contributed by atoms with Crippen molar-refractivity contribution in [1.82, 2.24) is 5.43 Å². The monoisotopic (exact) mass is 191 g/mol. The molecule has 0 N–H and O–H groups in total. The Labute approximate surface area is 72.3 Å². The lowest BCUT2D eigenvalue weighted by molar-refractivity contribution is -0.0585. The first-order valence-corrected chi connectivity index (χ1v) is 3.75. The molecule has 2 aliphatic heterocycles. The van der Waals surface area contributed by atoms with Crippen LogP contribution in [0.5, 0.6) is 0 Å². The summed E-state index contributed by atoms with van der Waals surface area (Å²) in [7, 11) is 0. The lowest BCUT2D eigenvalue weighted by Crippen LogP contribution is -2.26. The molecule has 2 heterocycles. The molecule has 0 atom stereocenters. The van der Waals surface area contributed by atoms with E-state index < -0.39 is 11.9 Å². The van der Waals surface area contributed by atoms with Gasteiger partial charge in [-0.05, 0) is 6.42 Å². The third-order valence-corrected chi connectivity index (χ3v) is 1.91. The lowest BCUT2D eigenvalue weighted by Gasteiger charge is -2.14. The van der Waals surface area contributed by atoms with Gasteiger partial charge in [0.05, 0.1) is 18.9 Å². The van der Waals surface area contributed by atoms with E-state index in [0.717, 1.165) is 0 Å². The van der Waals surface area contributed by atoms with Gasteiger partial charge >= 0.3 is 6.18 Å². The van der Waals surface area contributed by atoms with Crippen LogP contribution in [0.4, 0.5) is 13.2 Å². The summed E-state index contributed by atoms with van der Waals surface area (Å²) >= 11 is 0. The van der Waals surface area contributed by atoms with Crippen LogP contribution in [-0.4, -0.2) is 25.1 Å². The van der Waals surface area contributed by atoms with Crippen LogP contribution in [-0.2, 0) is 4.74 Å². The Bertz CT molecular complexity index is 293. The van der Waals surface area contributed by atoms with Gasteiger partial charge < -0.3 is 4.74 Å². The highest BCUT2D eigenvalue weighted by molar-refractivity contribution is 6.06. The van der Waals surface area contributed by atoms with E-state index in [9.17, 15) is 13.2 Å². The van der Waals surface area contributed by atoms with Crippen LogP contribution < -0.4 is 5.43 Å². The van der Waals surface area contributed by atoms with Gasteiger partial charge in [-0.2, -0.15) is 18.6 Å². The first-order chi connectivity index (χ1) is 6.09. The minimum absolute atomic E-state index is 0.137. The first-order valence-electron chi connectivity index (χ1n) is 3.75. The minimum atomic E-state index is -4.39. The predicted molar refractivity (Wildman–Crippen MR) is 38.1 cm³/mol. The second-order valence-electron chi connectivity index (χ2n) is 2.77. The number of halogens is 3. The van der Waals surface area contributed by atoms with E-state index in [1.165, 1.54) is 0 Å². The zero-order valence-corrected chi connectivity index (χ0v) is 6.56. The van der Waals surface area contributed by atoms with Crippen LogP contribution in [0, 0.1) is 0 Å². The second-order valence-corrected chi connectivity index (χ2v) is 2.77. The van der Waals surface area contributed by atoms with Crippen molar-refractivity contribution in [3.8, 4) is 0 Å². The molecule has 0 spiro atoms.